The lowest BCUT2D eigenvalue weighted by Gasteiger charge is -2.18. The number of nitrogens with one attached hydrogen (secondary N) is 2. The van der Waals surface area contributed by atoms with Crippen LogP contribution in [-0.4, -0.2) is 34.2 Å². The molecule has 0 unspecified atom stereocenters. The van der Waals surface area contributed by atoms with Crippen LogP contribution in [0, 0.1) is 12.3 Å². The van der Waals surface area contributed by atoms with Gasteiger partial charge in [0.15, 0.2) is 5.69 Å². The van der Waals surface area contributed by atoms with Gasteiger partial charge in [-0.25, -0.2) is 9.48 Å². The summed E-state index contributed by atoms with van der Waals surface area (Å²) in [6, 6.07) is 16.4. The fourth-order valence-corrected chi connectivity index (χ4v) is 3.70. The highest BCUT2D eigenvalue weighted by Gasteiger charge is 2.38. The maximum Gasteiger partial charge on any atom is 0.415 e. The number of hydrogen-bond donors (Lipinski definition) is 2. The number of para-hydroxylation sites is 1. The molecule has 33 heavy (non-hydrogen) atoms. The first-order valence-corrected chi connectivity index (χ1v) is 10.5. The molecule has 1 aliphatic rings. The molecule has 1 fully saturated rings. The third-order valence-electron chi connectivity index (χ3n) is 5.23. The number of rotatable bonds is 6. The van der Waals surface area contributed by atoms with E-state index in [2.05, 4.69) is 10.4 Å². The summed E-state index contributed by atoms with van der Waals surface area (Å²) >= 11 is 0. The normalized spacial score (nSPS) is 15.3. The molecule has 2 heterocycles. The van der Waals surface area contributed by atoms with Crippen molar-refractivity contribution in [2.45, 2.75) is 26.4 Å². The lowest BCUT2D eigenvalue weighted by Crippen LogP contribution is -2.28. The number of amides is 1. The standard InChI is InChI=1S/C25H25N5O3/c1-17-15-19(29-16-25(2,3)33-24(29)32)9-10-21(17)30-14-12-22(31)23(28-30)20(11-13-26)27-18-7-5-4-6-8-18/h4-15,26-27H,16H2,1-3H3/b20-11-,26-13?. The molecule has 2 N–H and O–H groups in total. The number of carbonyl (C=O) groups excluding carboxylic acids is 1. The van der Waals surface area contributed by atoms with E-state index in [-0.39, 0.29) is 17.2 Å². The zero-order valence-corrected chi connectivity index (χ0v) is 18.7. The van der Waals surface area contributed by atoms with Gasteiger partial charge in [0, 0.05) is 29.9 Å². The van der Waals surface area contributed by atoms with Crippen LogP contribution in [0.5, 0.6) is 0 Å². The number of carbonyl (C=O) groups is 1. The van der Waals surface area contributed by atoms with Crippen molar-refractivity contribution in [2.75, 3.05) is 16.8 Å². The number of cyclic esters (lactones) is 1. The minimum absolute atomic E-state index is 0.193. The highest BCUT2D eigenvalue weighted by Crippen LogP contribution is 2.29. The Bertz CT molecular complexity index is 1290. The van der Waals surface area contributed by atoms with Crippen LogP contribution < -0.4 is 15.6 Å². The Kier molecular flexibility index (Phi) is 5.83. The third-order valence-corrected chi connectivity index (χ3v) is 5.23. The Morgan fingerprint density at radius 3 is 2.55 bits per heavy atom. The number of aryl methyl sites for hydroxylation is 1. The molecule has 3 aromatic rings. The number of ether oxygens (including phenoxy) is 1. The van der Waals surface area contributed by atoms with E-state index in [1.165, 1.54) is 12.1 Å². The van der Waals surface area contributed by atoms with Crippen molar-refractivity contribution in [1.82, 2.24) is 9.78 Å². The van der Waals surface area contributed by atoms with Gasteiger partial charge in [-0.05, 0) is 62.7 Å². The quantitative estimate of drug-likeness (QED) is 0.551. The molecule has 8 heteroatoms. The summed E-state index contributed by atoms with van der Waals surface area (Å²) in [5.41, 5.74) is 2.97. The van der Waals surface area contributed by atoms with E-state index in [0.29, 0.717) is 12.2 Å². The predicted octanol–water partition coefficient (Wildman–Crippen LogP) is 4.38. The molecule has 1 aromatic heterocycles. The highest BCUT2D eigenvalue weighted by atomic mass is 16.6. The van der Waals surface area contributed by atoms with Crippen LogP contribution in [0.4, 0.5) is 16.2 Å². The number of hydrogen-bond acceptors (Lipinski definition) is 6. The Morgan fingerprint density at radius 1 is 1.15 bits per heavy atom. The van der Waals surface area contributed by atoms with E-state index in [1.807, 2.05) is 69.3 Å². The maximum atomic E-state index is 12.6. The van der Waals surface area contributed by atoms with Crippen LogP contribution in [0.2, 0.25) is 0 Å². The average Bonchev–Trinajstić information content (AvgIpc) is 3.07. The molecular formula is C25H25N5O3. The lowest BCUT2D eigenvalue weighted by molar-refractivity contribution is 0.0871. The number of aromatic nitrogens is 2. The van der Waals surface area contributed by atoms with Crippen LogP contribution in [-0.2, 0) is 4.74 Å². The van der Waals surface area contributed by atoms with Gasteiger partial charge in [-0.2, -0.15) is 5.10 Å². The van der Waals surface area contributed by atoms with Crippen molar-refractivity contribution in [3.05, 3.63) is 88.4 Å². The van der Waals surface area contributed by atoms with E-state index < -0.39 is 5.60 Å². The fraction of sp³-hybridized carbons (Fsp3) is 0.200. The molecule has 0 aliphatic carbocycles. The molecule has 1 saturated heterocycles. The maximum absolute atomic E-state index is 12.6. The monoisotopic (exact) mass is 443 g/mol. The van der Waals surface area contributed by atoms with Crippen molar-refractivity contribution in [3.63, 3.8) is 0 Å². The van der Waals surface area contributed by atoms with Gasteiger partial charge in [0.05, 0.1) is 17.9 Å². The Labute approximate surface area is 191 Å². The van der Waals surface area contributed by atoms with Crippen molar-refractivity contribution >= 4 is 29.4 Å². The summed E-state index contributed by atoms with van der Waals surface area (Å²) in [6.45, 7) is 6.14. The van der Waals surface area contributed by atoms with Gasteiger partial charge < -0.3 is 15.5 Å². The number of nitrogens with zero attached hydrogens (tertiary/aromatic N) is 3. The van der Waals surface area contributed by atoms with Crippen molar-refractivity contribution in [1.29, 1.82) is 5.41 Å². The molecule has 8 nitrogen and oxygen atoms in total. The second-order valence-electron chi connectivity index (χ2n) is 8.40. The molecule has 2 aromatic carbocycles. The van der Waals surface area contributed by atoms with Gasteiger partial charge in [-0.15, -0.1) is 0 Å². The molecule has 0 radical (unpaired) electrons. The van der Waals surface area contributed by atoms with E-state index >= 15 is 0 Å². The Balaban J connectivity index is 1.69. The van der Waals surface area contributed by atoms with Crippen LogP contribution in [0.3, 0.4) is 0 Å². The number of benzene rings is 2. The fourth-order valence-electron chi connectivity index (χ4n) is 3.70. The Morgan fingerprint density at radius 2 is 1.91 bits per heavy atom. The predicted molar refractivity (Wildman–Crippen MR) is 129 cm³/mol. The topological polar surface area (TPSA) is 100 Å². The van der Waals surface area contributed by atoms with Gasteiger partial charge in [0.25, 0.3) is 0 Å². The summed E-state index contributed by atoms with van der Waals surface area (Å²) in [5.74, 6) is 0. The van der Waals surface area contributed by atoms with Gasteiger partial charge >= 0.3 is 6.09 Å². The van der Waals surface area contributed by atoms with Crippen molar-refractivity contribution in [3.8, 4) is 5.69 Å². The smallest absolute Gasteiger partial charge is 0.415 e. The molecule has 4 rings (SSSR count). The van der Waals surface area contributed by atoms with Crippen molar-refractivity contribution < 1.29 is 9.53 Å². The van der Waals surface area contributed by atoms with Crippen LogP contribution >= 0.6 is 0 Å². The molecule has 0 spiro atoms. The second-order valence-corrected chi connectivity index (χ2v) is 8.40. The van der Waals surface area contributed by atoms with E-state index in [9.17, 15) is 9.59 Å². The third kappa shape index (κ3) is 4.69. The van der Waals surface area contributed by atoms with Gasteiger partial charge in [0.2, 0.25) is 5.43 Å². The molecule has 0 bridgehead atoms. The second kappa shape index (κ2) is 8.74. The molecule has 0 saturated carbocycles. The first-order valence-electron chi connectivity index (χ1n) is 10.5. The first-order chi connectivity index (χ1) is 15.8. The minimum atomic E-state index is -0.540. The largest absolute Gasteiger partial charge is 0.441 e. The lowest BCUT2D eigenvalue weighted by atomic mass is 10.1. The molecule has 0 atom stereocenters. The summed E-state index contributed by atoms with van der Waals surface area (Å²) in [6.07, 6.45) is 3.84. The van der Waals surface area contributed by atoms with E-state index in [4.69, 9.17) is 10.1 Å². The molecule has 1 amide bonds. The summed E-state index contributed by atoms with van der Waals surface area (Å²) in [5, 5.41) is 15.2. The SMILES string of the molecule is Cc1cc(N2CC(C)(C)OC2=O)ccc1-n1ccc(=O)c(/C(=C/C=N)Nc2ccccc2)n1. The zero-order valence-electron chi connectivity index (χ0n) is 18.7. The number of anilines is 2. The van der Waals surface area contributed by atoms with Gasteiger partial charge in [-0.1, -0.05) is 18.2 Å². The Hall–Kier alpha value is -4.20. The number of allylic oxidation sites excluding steroid dienone is 1. The summed E-state index contributed by atoms with van der Waals surface area (Å²) in [4.78, 5) is 26.5. The minimum Gasteiger partial charge on any atom is -0.441 e. The van der Waals surface area contributed by atoms with E-state index in [1.54, 1.807) is 15.8 Å². The van der Waals surface area contributed by atoms with Gasteiger partial charge in [0.1, 0.15) is 5.60 Å². The molecule has 1 aliphatic heterocycles. The van der Waals surface area contributed by atoms with Crippen LogP contribution in [0.15, 0.2) is 71.7 Å². The molecular weight excluding hydrogens is 418 g/mol. The molecule has 168 valence electrons. The van der Waals surface area contributed by atoms with Crippen LogP contribution in [0.25, 0.3) is 11.4 Å². The first kappa shape index (κ1) is 22.0. The summed E-state index contributed by atoms with van der Waals surface area (Å²) in [7, 11) is 0. The average molecular weight is 444 g/mol. The summed E-state index contributed by atoms with van der Waals surface area (Å²) < 4.78 is 7.02. The highest BCUT2D eigenvalue weighted by molar-refractivity contribution is 5.90. The van der Waals surface area contributed by atoms with Crippen molar-refractivity contribution in [2.24, 2.45) is 0 Å². The van der Waals surface area contributed by atoms with Gasteiger partial charge in [-0.3, -0.25) is 9.69 Å². The van der Waals surface area contributed by atoms with E-state index in [0.717, 1.165) is 28.8 Å². The zero-order chi connectivity index (χ0) is 23.6. The van der Waals surface area contributed by atoms with Crippen LogP contribution in [0.1, 0.15) is 25.1 Å².